The van der Waals surface area contributed by atoms with Crippen LogP contribution in [0.3, 0.4) is 0 Å². The summed E-state index contributed by atoms with van der Waals surface area (Å²) in [6.07, 6.45) is 1.30. The van der Waals surface area contributed by atoms with Crippen LogP contribution >= 0.6 is 23.2 Å². The van der Waals surface area contributed by atoms with Crippen molar-refractivity contribution in [1.82, 2.24) is 9.78 Å². The molecule has 0 atom stereocenters. The topological polar surface area (TPSA) is 38.1 Å². The summed E-state index contributed by atoms with van der Waals surface area (Å²) in [5, 5.41) is 14.0. The van der Waals surface area contributed by atoms with Gasteiger partial charge in [-0.25, -0.2) is 4.68 Å². The SMILES string of the molecule is Oc1cnn(Cc2ccccc2Cl)c1Cl. The molecule has 1 aromatic carbocycles. The molecule has 2 rings (SSSR count). The second-order valence-electron chi connectivity index (χ2n) is 3.07. The van der Waals surface area contributed by atoms with E-state index in [0.29, 0.717) is 11.6 Å². The van der Waals surface area contributed by atoms with Gasteiger partial charge in [0.15, 0.2) is 10.9 Å². The van der Waals surface area contributed by atoms with E-state index < -0.39 is 0 Å². The van der Waals surface area contributed by atoms with E-state index in [9.17, 15) is 5.11 Å². The summed E-state index contributed by atoms with van der Waals surface area (Å²) in [6, 6.07) is 7.43. The molecular weight excluding hydrogens is 235 g/mol. The molecule has 1 aromatic heterocycles. The zero-order valence-electron chi connectivity index (χ0n) is 7.69. The summed E-state index contributed by atoms with van der Waals surface area (Å²) >= 11 is 11.8. The van der Waals surface area contributed by atoms with Crippen molar-refractivity contribution in [3.8, 4) is 5.75 Å². The first kappa shape index (κ1) is 10.3. The molecule has 5 heteroatoms. The van der Waals surface area contributed by atoms with Gasteiger partial charge in [0.1, 0.15) is 0 Å². The molecule has 15 heavy (non-hydrogen) atoms. The molecule has 0 aliphatic rings. The van der Waals surface area contributed by atoms with E-state index >= 15 is 0 Å². The molecule has 2 aromatic rings. The molecule has 0 spiro atoms. The van der Waals surface area contributed by atoms with Crippen LogP contribution in [0, 0.1) is 0 Å². The molecule has 3 nitrogen and oxygen atoms in total. The van der Waals surface area contributed by atoms with E-state index in [4.69, 9.17) is 23.2 Å². The third kappa shape index (κ3) is 2.08. The molecule has 0 bridgehead atoms. The monoisotopic (exact) mass is 242 g/mol. The number of hydrogen-bond donors (Lipinski definition) is 1. The Labute approximate surface area is 96.9 Å². The minimum Gasteiger partial charge on any atom is -0.504 e. The summed E-state index contributed by atoms with van der Waals surface area (Å²) < 4.78 is 1.48. The molecule has 0 aliphatic heterocycles. The lowest BCUT2D eigenvalue weighted by Gasteiger charge is -2.04. The van der Waals surface area contributed by atoms with Gasteiger partial charge in [0.25, 0.3) is 0 Å². The highest BCUT2D eigenvalue weighted by atomic mass is 35.5. The maximum atomic E-state index is 9.24. The first-order valence-electron chi connectivity index (χ1n) is 4.32. The molecule has 0 unspecified atom stereocenters. The van der Waals surface area contributed by atoms with Crippen LogP contribution in [0.2, 0.25) is 10.2 Å². The van der Waals surface area contributed by atoms with E-state index in [-0.39, 0.29) is 10.9 Å². The van der Waals surface area contributed by atoms with Gasteiger partial charge >= 0.3 is 0 Å². The highest BCUT2D eigenvalue weighted by molar-refractivity contribution is 6.31. The van der Waals surface area contributed by atoms with Crippen molar-refractivity contribution < 1.29 is 5.11 Å². The average Bonchev–Trinajstić information content (AvgIpc) is 2.53. The van der Waals surface area contributed by atoms with Crippen LogP contribution in [0.4, 0.5) is 0 Å². The van der Waals surface area contributed by atoms with Gasteiger partial charge in [0.05, 0.1) is 12.7 Å². The molecular formula is C10H8Cl2N2O. The van der Waals surface area contributed by atoms with Crippen LogP contribution in [-0.2, 0) is 6.54 Å². The van der Waals surface area contributed by atoms with E-state index in [2.05, 4.69) is 5.10 Å². The van der Waals surface area contributed by atoms with Gasteiger partial charge in [-0.3, -0.25) is 0 Å². The van der Waals surface area contributed by atoms with Crippen LogP contribution in [0.1, 0.15) is 5.56 Å². The third-order valence-electron chi connectivity index (χ3n) is 2.04. The quantitative estimate of drug-likeness (QED) is 0.880. The van der Waals surface area contributed by atoms with Gasteiger partial charge < -0.3 is 5.11 Å². The zero-order valence-corrected chi connectivity index (χ0v) is 9.20. The maximum absolute atomic E-state index is 9.24. The largest absolute Gasteiger partial charge is 0.504 e. The number of rotatable bonds is 2. The van der Waals surface area contributed by atoms with Gasteiger partial charge in [-0.05, 0) is 11.6 Å². The standard InChI is InChI=1S/C10H8Cl2N2O/c11-8-4-2-1-3-7(8)6-14-10(12)9(15)5-13-14/h1-5,15H,6H2. The lowest BCUT2D eigenvalue weighted by molar-refractivity contribution is 0.474. The van der Waals surface area contributed by atoms with Gasteiger partial charge in [0.2, 0.25) is 0 Å². The molecule has 0 amide bonds. The van der Waals surface area contributed by atoms with Crippen molar-refractivity contribution >= 4 is 23.2 Å². The van der Waals surface area contributed by atoms with Gasteiger partial charge in [-0.1, -0.05) is 41.4 Å². The first-order chi connectivity index (χ1) is 7.18. The van der Waals surface area contributed by atoms with E-state index in [1.54, 1.807) is 6.07 Å². The molecule has 0 fully saturated rings. The Morgan fingerprint density at radius 3 is 2.60 bits per heavy atom. The van der Waals surface area contributed by atoms with Crippen molar-refractivity contribution in [2.45, 2.75) is 6.54 Å². The Morgan fingerprint density at radius 2 is 2.00 bits per heavy atom. The van der Waals surface area contributed by atoms with Crippen LogP contribution in [-0.4, -0.2) is 14.9 Å². The Bertz CT molecular complexity index is 482. The molecule has 0 aliphatic carbocycles. The van der Waals surface area contributed by atoms with E-state index in [1.165, 1.54) is 10.9 Å². The number of benzene rings is 1. The van der Waals surface area contributed by atoms with Crippen molar-refractivity contribution in [2.75, 3.05) is 0 Å². The molecule has 0 saturated heterocycles. The van der Waals surface area contributed by atoms with Crippen LogP contribution in [0.15, 0.2) is 30.5 Å². The first-order valence-corrected chi connectivity index (χ1v) is 5.08. The van der Waals surface area contributed by atoms with Gasteiger partial charge in [-0.2, -0.15) is 5.10 Å². The van der Waals surface area contributed by atoms with Crippen LogP contribution < -0.4 is 0 Å². The summed E-state index contributed by atoms with van der Waals surface area (Å²) in [4.78, 5) is 0. The molecule has 1 N–H and O–H groups in total. The van der Waals surface area contributed by atoms with E-state index in [1.807, 2.05) is 18.2 Å². The van der Waals surface area contributed by atoms with Crippen molar-refractivity contribution in [1.29, 1.82) is 0 Å². The third-order valence-corrected chi connectivity index (χ3v) is 2.79. The Kier molecular flexibility index (Phi) is 2.84. The number of nitrogens with zero attached hydrogens (tertiary/aromatic N) is 2. The summed E-state index contributed by atoms with van der Waals surface area (Å²) in [5.74, 6) is -0.0243. The molecule has 1 heterocycles. The fourth-order valence-electron chi connectivity index (χ4n) is 1.26. The lowest BCUT2D eigenvalue weighted by Crippen LogP contribution is -2.01. The fourth-order valence-corrected chi connectivity index (χ4v) is 1.61. The van der Waals surface area contributed by atoms with Crippen LogP contribution in [0.5, 0.6) is 5.75 Å². The normalized spacial score (nSPS) is 10.5. The summed E-state index contributed by atoms with van der Waals surface area (Å²) in [5.41, 5.74) is 0.907. The second-order valence-corrected chi connectivity index (χ2v) is 3.83. The van der Waals surface area contributed by atoms with Crippen LogP contribution in [0.25, 0.3) is 0 Å². The molecule has 0 saturated carbocycles. The van der Waals surface area contributed by atoms with Gasteiger partial charge in [-0.15, -0.1) is 0 Å². The highest BCUT2D eigenvalue weighted by Gasteiger charge is 2.08. The minimum absolute atomic E-state index is 0.0243. The average molecular weight is 243 g/mol. The minimum atomic E-state index is -0.0243. The number of hydrogen-bond acceptors (Lipinski definition) is 2. The predicted molar refractivity (Wildman–Crippen MR) is 59.5 cm³/mol. The van der Waals surface area contributed by atoms with E-state index in [0.717, 1.165) is 5.56 Å². The second kappa shape index (κ2) is 4.13. The fraction of sp³-hybridized carbons (Fsp3) is 0.100. The zero-order chi connectivity index (χ0) is 10.8. The molecule has 78 valence electrons. The highest BCUT2D eigenvalue weighted by Crippen LogP contribution is 2.24. The molecule has 0 radical (unpaired) electrons. The van der Waals surface area contributed by atoms with Crippen molar-refractivity contribution in [3.05, 3.63) is 46.2 Å². The Hall–Kier alpha value is -1.19. The smallest absolute Gasteiger partial charge is 0.173 e. The number of halogens is 2. The summed E-state index contributed by atoms with van der Waals surface area (Å²) in [6.45, 7) is 0.444. The van der Waals surface area contributed by atoms with Crippen molar-refractivity contribution in [2.24, 2.45) is 0 Å². The maximum Gasteiger partial charge on any atom is 0.173 e. The number of aromatic hydroxyl groups is 1. The van der Waals surface area contributed by atoms with Crippen molar-refractivity contribution in [3.63, 3.8) is 0 Å². The predicted octanol–water partition coefficient (Wildman–Crippen LogP) is 2.94. The summed E-state index contributed by atoms with van der Waals surface area (Å²) in [7, 11) is 0. The number of aromatic nitrogens is 2. The Balaban J connectivity index is 2.30. The Morgan fingerprint density at radius 1 is 1.27 bits per heavy atom. The van der Waals surface area contributed by atoms with Gasteiger partial charge in [0, 0.05) is 5.02 Å². The lowest BCUT2D eigenvalue weighted by atomic mass is 10.2.